The first-order valence-electron chi connectivity index (χ1n) is 7.34. The Kier molecular flexibility index (Phi) is 3.73. The first kappa shape index (κ1) is 14.2. The smallest absolute Gasteiger partial charge is 0.160 e. The van der Waals surface area contributed by atoms with Crippen LogP contribution in [-0.4, -0.2) is 40.6 Å². The van der Waals surface area contributed by atoms with E-state index in [1.54, 1.807) is 0 Å². The number of fused-ring (bicyclic) bond motifs is 1. The van der Waals surface area contributed by atoms with E-state index in [-0.39, 0.29) is 11.5 Å². The van der Waals surface area contributed by atoms with Crippen molar-refractivity contribution < 1.29 is 4.74 Å². The summed E-state index contributed by atoms with van der Waals surface area (Å²) in [6.45, 7) is 9.23. The van der Waals surface area contributed by atoms with Crippen LogP contribution in [0.5, 0.6) is 0 Å². The fourth-order valence-corrected chi connectivity index (χ4v) is 3.13. The van der Waals surface area contributed by atoms with E-state index >= 15 is 0 Å². The number of nitrogens with zero attached hydrogens (tertiary/aromatic N) is 3. The second-order valence-corrected chi connectivity index (χ2v) is 7.18. The molecule has 3 rings (SSSR count). The van der Waals surface area contributed by atoms with Gasteiger partial charge in [0.15, 0.2) is 5.82 Å². The third kappa shape index (κ3) is 2.83. The van der Waals surface area contributed by atoms with Crippen molar-refractivity contribution in [3.63, 3.8) is 0 Å². The number of halogens is 1. The van der Waals surface area contributed by atoms with Gasteiger partial charge >= 0.3 is 0 Å². The minimum atomic E-state index is -0.0517. The van der Waals surface area contributed by atoms with Crippen LogP contribution in [0.4, 0.5) is 0 Å². The predicted molar refractivity (Wildman–Crippen MR) is 79.0 cm³/mol. The van der Waals surface area contributed by atoms with Crippen molar-refractivity contribution in [2.75, 3.05) is 19.7 Å². The second kappa shape index (κ2) is 5.24. The molecule has 0 N–H and O–H groups in total. The fraction of sp³-hybridized carbons (Fsp3) is 0.733. The predicted octanol–water partition coefficient (Wildman–Crippen LogP) is 2.96. The van der Waals surface area contributed by atoms with Gasteiger partial charge in [0.05, 0.1) is 12.3 Å². The molecule has 0 saturated carbocycles. The summed E-state index contributed by atoms with van der Waals surface area (Å²) in [5.41, 5.74) is 0.936. The van der Waals surface area contributed by atoms with Gasteiger partial charge in [0, 0.05) is 18.0 Å². The highest BCUT2D eigenvalue weighted by molar-refractivity contribution is 6.29. The molecule has 0 aliphatic carbocycles. The van der Waals surface area contributed by atoms with Crippen LogP contribution in [0.3, 0.4) is 0 Å². The summed E-state index contributed by atoms with van der Waals surface area (Å²) < 4.78 is 5.98. The summed E-state index contributed by atoms with van der Waals surface area (Å²) in [5, 5.41) is 0.507. The molecule has 2 atom stereocenters. The van der Waals surface area contributed by atoms with Crippen LogP contribution >= 0.6 is 11.6 Å². The van der Waals surface area contributed by atoms with Gasteiger partial charge in [0.2, 0.25) is 0 Å². The second-order valence-electron chi connectivity index (χ2n) is 6.80. The molecule has 3 heterocycles. The van der Waals surface area contributed by atoms with Crippen LogP contribution in [-0.2, 0) is 10.2 Å². The summed E-state index contributed by atoms with van der Waals surface area (Å²) >= 11 is 6.17. The Labute approximate surface area is 125 Å². The summed E-state index contributed by atoms with van der Waals surface area (Å²) in [7, 11) is 0. The molecule has 0 bridgehead atoms. The third-order valence-corrected chi connectivity index (χ3v) is 4.35. The van der Waals surface area contributed by atoms with Crippen LogP contribution in [0.25, 0.3) is 0 Å². The Morgan fingerprint density at radius 2 is 2.15 bits per heavy atom. The van der Waals surface area contributed by atoms with Gasteiger partial charge in [-0.1, -0.05) is 32.4 Å². The number of morpholine rings is 1. The molecule has 20 heavy (non-hydrogen) atoms. The zero-order valence-corrected chi connectivity index (χ0v) is 13.2. The van der Waals surface area contributed by atoms with Gasteiger partial charge in [-0.15, -0.1) is 0 Å². The van der Waals surface area contributed by atoms with Crippen LogP contribution in [0.15, 0.2) is 6.07 Å². The molecule has 0 radical (unpaired) electrons. The average molecular weight is 296 g/mol. The van der Waals surface area contributed by atoms with E-state index in [0.717, 1.165) is 31.2 Å². The van der Waals surface area contributed by atoms with Gasteiger partial charge in [-0.25, -0.2) is 9.97 Å². The maximum absolute atomic E-state index is 6.17. The highest BCUT2D eigenvalue weighted by Crippen LogP contribution is 2.30. The lowest BCUT2D eigenvalue weighted by molar-refractivity contribution is -0.0542. The summed E-state index contributed by atoms with van der Waals surface area (Å²) in [6.07, 6.45) is 2.46. The van der Waals surface area contributed by atoms with Gasteiger partial charge in [-0.2, -0.15) is 0 Å². The summed E-state index contributed by atoms with van der Waals surface area (Å²) in [6, 6.07) is 2.44. The lowest BCUT2D eigenvalue weighted by atomic mass is 9.92. The summed E-state index contributed by atoms with van der Waals surface area (Å²) in [5.74, 6) is 0.729. The molecule has 5 heteroatoms. The van der Waals surface area contributed by atoms with E-state index in [9.17, 15) is 0 Å². The lowest BCUT2D eigenvalue weighted by Gasteiger charge is -2.34. The monoisotopic (exact) mass is 295 g/mol. The Balaban J connectivity index is 1.85. The molecule has 0 spiro atoms. The molecule has 0 aromatic carbocycles. The van der Waals surface area contributed by atoms with Gasteiger partial charge in [-0.3, -0.25) is 4.90 Å². The minimum absolute atomic E-state index is 0.0355. The summed E-state index contributed by atoms with van der Waals surface area (Å²) in [4.78, 5) is 11.6. The van der Waals surface area contributed by atoms with Crippen LogP contribution in [0, 0.1) is 0 Å². The maximum atomic E-state index is 6.17. The van der Waals surface area contributed by atoms with Crippen molar-refractivity contribution in [2.24, 2.45) is 0 Å². The van der Waals surface area contributed by atoms with Crippen LogP contribution in [0.2, 0.25) is 5.15 Å². The van der Waals surface area contributed by atoms with Gasteiger partial charge in [0.25, 0.3) is 0 Å². The Morgan fingerprint density at radius 1 is 1.35 bits per heavy atom. The zero-order valence-electron chi connectivity index (χ0n) is 12.4. The van der Waals surface area contributed by atoms with Crippen molar-refractivity contribution in [1.82, 2.24) is 14.9 Å². The molecule has 4 nitrogen and oxygen atoms in total. The standard InChI is InChI=1S/C15H22ClN3O/c1-15(2,3)12-7-13(16)18-14(17-12)11-8-19-6-4-5-10(19)9-20-11/h7,10-11H,4-6,8-9H2,1-3H3. The van der Waals surface area contributed by atoms with E-state index in [4.69, 9.17) is 21.3 Å². The van der Waals surface area contributed by atoms with Gasteiger partial charge < -0.3 is 4.74 Å². The molecule has 2 saturated heterocycles. The van der Waals surface area contributed by atoms with E-state index in [0.29, 0.717) is 11.2 Å². The molecular weight excluding hydrogens is 274 g/mol. The highest BCUT2D eigenvalue weighted by atomic mass is 35.5. The third-order valence-electron chi connectivity index (χ3n) is 4.16. The fourth-order valence-electron chi connectivity index (χ4n) is 2.94. The quantitative estimate of drug-likeness (QED) is 0.747. The molecule has 2 aliphatic heterocycles. The highest BCUT2D eigenvalue weighted by Gasteiger charge is 2.34. The number of aromatic nitrogens is 2. The molecular formula is C15H22ClN3O. The minimum Gasteiger partial charge on any atom is -0.367 e. The van der Waals surface area contributed by atoms with E-state index in [1.807, 2.05) is 6.07 Å². The number of rotatable bonds is 1. The molecule has 1 aromatic rings. The van der Waals surface area contributed by atoms with E-state index < -0.39 is 0 Å². The van der Waals surface area contributed by atoms with Gasteiger partial charge in [0.1, 0.15) is 11.3 Å². The van der Waals surface area contributed by atoms with Gasteiger partial charge in [-0.05, 0) is 25.5 Å². The maximum Gasteiger partial charge on any atom is 0.160 e. The van der Waals surface area contributed by atoms with Crippen molar-refractivity contribution in [3.05, 3.63) is 22.7 Å². The number of hydrogen-bond donors (Lipinski definition) is 0. The van der Waals surface area contributed by atoms with Crippen LogP contribution in [0.1, 0.15) is 51.2 Å². The Bertz CT molecular complexity index is 500. The molecule has 2 fully saturated rings. The molecule has 2 aliphatic rings. The molecule has 1 aromatic heterocycles. The van der Waals surface area contributed by atoms with E-state index in [1.165, 1.54) is 12.8 Å². The lowest BCUT2D eigenvalue weighted by Crippen LogP contribution is -2.43. The topological polar surface area (TPSA) is 38.2 Å². The molecule has 0 amide bonds. The number of ether oxygens (including phenoxy) is 1. The molecule has 2 unspecified atom stereocenters. The van der Waals surface area contributed by atoms with Crippen LogP contribution < -0.4 is 0 Å². The SMILES string of the molecule is CC(C)(C)c1cc(Cl)nc(C2CN3CCCC3CO2)n1. The van der Waals surface area contributed by atoms with Crippen molar-refractivity contribution in [3.8, 4) is 0 Å². The Hall–Kier alpha value is -0.710. The average Bonchev–Trinajstić information content (AvgIpc) is 2.84. The largest absolute Gasteiger partial charge is 0.367 e. The van der Waals surface area contributed by atoms with Crippen molar-refractivity contribution >= 4 is 11.6 Å². The Morgan fingerprint density at radius 3 is 2.90 bits per heavy atom. The van der Waals surface area contributed by atoms with Crippen molar-refractivity contribution in [1.29, 1.82) is 0 Å². The normalized spacial score (nSPS) is 27.6. The molecule has 110 valence electrons. The first-order valence-corrected chi connectivity index (χ1v) is 7.72. The van der Waals surface area contributed by atoms with Crippen molar-refractivity contribution in [2.45, 2.75) is 51.2 Å². The first-order chi connectivity index (χ1) is 9.43. The zero-order chi connectivity index (χ0) is 14.3. The number of hydrogen-bond acceptors (Lipinski definition) is 4. The van der Waals surface area contributed by atoms with E-state index in [2.05, 4.69) is 30.7 Å².